The lowest BCUT2D eigenvalue weighted by Crippen LogP contribution is -2.43. The van der Waals surface area contributed by atoms with Crippen LogP contribution in [0.4, 0.5) is 0 Å². The highest BCUT2D eigenvalue weighted by Gasteiger charge is 2.19. The number of nitrogens with one attached hydrogen (secondary N) is 1. The first-order chi connectivity index (χ1) is 10.1. The predicted molar refractivity (Wildman–Crippen MR) is 79.8 cm³/mol. The van der Waals surface area contributed by atoms with Crippen molar-refractivity contribution in [2.75, 3.05) is 26.6 Å². The number of methoxy groups -OCH3 is 2. The third-order valence-corrected chi connectivity index (χ3v) is 3.64. The third kappa shape index (κ3) is 6.50. The van der Waals surface area contributed by atoms with E-state index in [2.05, 4.69) is 5.32 Å². The number of aliphatic carboxylic acids is 1. The van der Waals surface area contributed by atoms with Crippen LogP contribution in [0.3, 0.4) is 0 Å². The lowest BCUT2D eigenvalue weighted by Gasteiger charge is -2.13. The molecule has 1 atom stereocenters. The number of carbonyl (C=O) groups is 2. The Morgan fingerprint density at radius 1 is 1.29 bits per heavy atom. The van der Waals surface area contributed by atoms with Crippen LogP contribution < -0.4 is 10.1 Å². The molecule has 1 unspecified atom stereocenters. The van der Waals surface area contributed by atoms with Gasteiger partial charge in [-0.3, -0.25) is 4.79 Å². The van der Waals surface area contributed by atoms with E-state index in [0.29, 0.717) is 5.75 Å². The summed E-state index contributed by atoms with van der Waals surface area (Å²) in [4.78, 5) is 23.6. The smallest absolute Gasteiger partial charge is 0.328 e. The van der Waals surface area contributed by atoms with Crippen LogP contribution in [0.5, 0.6) is 5.75 Å². The van der Waals surface area contributed by atoms with Gasteiger partial charge in [0.25, 0.3) is 0 Å². The van der Waals surface area contributed by atoms with Crippen LogP contribution in [-0.4, -0.2) is 49.6 Å². The first-order valence-electron chi connectivity index (χ1n) is 6.34. The topological polar surface area (TPSA) is 84.9 Å². The largest absolute Gasteiger partial charge is 0.497 e. The fourth-order valence-corrected chi connectivity index (χ4v) is 2.39. The van der Waals surface area contributed by atoms with Crippen molar-refractivity contribution in [3.63, 3.8) is 0 Å². The standard InChI is InChI=1S/C14H19NO5S/c1-19-9-12(14(17)18)15-13(16)7-8-21-11-5-3-10(20-2)4-6-11/h3-6,12H,7-9H2,1-2H3,(H,15,16)(H,17,18). The monoisotopic (exact) mass is 313 g/mol. The number of carboxylic acids is 1. The molecule has 0 bridgehead atoms. The number of thioether (sulfide) groups is 1. The normalized spacial score (nSPS) is 11.7. The first kappa shape index (κ1) is 17.3. The molecule has 0 saturated heterocycles. The average Bonchev–Trinajstić information content (AvgIpc) is 2.47. The van der Waals surface area contributed by atoms with Gasteiger partial charge in [-0.05, 0) is 24.3 Å². The molecule has 21 heavy (non-hydrogen) atoms. The Bertz CT molecular complexity index is 463. The predicted octanol–water partition coefficient (Wildman–Crippen LogP) is 1.39. The fourth-order valence-electron chi connectivity index (χ4n) is 1.54. The lowest BCUT2D eigenvalue weighted by molar-refractivity contribution is -0.143. The van der Waals surface area contributed by atoms with Crippen molar-refractivity contribution in [1.82, 2.24) is 5.32 Å². The number of amides is 1. The molecule has 0 aliphatic rings. The Morgan fingerprint density at radius 3 is 2.48 bits per heavy atom. The van der Waals surface area contributed by atoms with Crippen LogP contribution in [-0.2, 0) is 14.3 Å². The Labute approximate surface area is 127 Å². The van der Waals surface area contributed by atoms with Gasteiger partial charge >= 0.3 is 5.97 Å². The number of hydrogen-bond donors (Lipinski definition) is 2. The van der Waals surface area contributed by atoms with Crippen molar-refractivity contribution in [1.29, 1.82) is 0 Å². The van der Waals surface area contributed by atoms with Crippen molar-refractivity contribution in [3.8, 4) is 5.75 Å². The molecule has 0 radical (unpaired) electrons. The van der Waals surface area contributed by atoms with Gasteiger partial charge in [-0.15, -0.1) is 11.8 Å². The highest BCUT2D eigenvalue weighted by atomic mass is 32.2. The Hall–Kier alpha value is -1.73. The van der Waals surface area contributed by atoms with Gasteiger partial charge in [0.1, 0.15) is 5.75 Å². The molecule has 0 aliphatic heterocycles. The minimum Gasteiger partial charge on any atom is -0.497 e. The second-order valence-electron chi connectivity index (χ2n) is 4.19. The number of benzene rings is 1. The van der Waals surface area contributed by atoms with Crippen LogP contribution in [0.2, 0.25) is 0 Å². The Kier molecular flexibility index (Phi) is 7.63. The summed E-state index contributed by atoms with van der Waals surface area (Å²) in [5.41, 5.74) is 0. The maximum absolute atomic E-state index is 11.7. The van der Waals surface area contributed by atoms with Crippen LogP contribution in [0.25, 0.3) is 0 Å². The number of carbonyl (C=O) groups excluding carboxylic acids is 1. The van der Waals surface area contributed by atoms with Gasteiger partial charge in [-0.25, -0.2) is 4.79 Å². The number of ether oxygens (including phenoxy) is 2. The summed E-state index contributed by atoms with van der Waals surface area (Å²) in [6.07, 6.45) is 0.240. The van der Waals surface area contributed by atoms with Crippen molar-refractivity contribution in [2.24, 2.45) is 0 Å². The zero-order chi connectivity index (χ0) is 15.7. The summed E-state index contributed by atoms with van der Waals surface area (Å²) in [6, 6.07) is 6.51. The van der Waals surface area contributed by atoms with Gasteiger partial charge in [0.15, 0.2) is 6.04 Å². The van der Waals surface area contributed by atoms with E-state index in [0.717, 1.165) is 10.6 Å². The van der Waals surface area contributed by atoms with Crippen molar-refractivity contribution in [2.45, 2.75) is 17.4 Å². The molecular formula is C14H19NO5S. The molecule has 1 rings (SSSR count). The third-order valence-electron chi connectivity index (χ3n) is 2.62. The Morgan fingerprint density at radius 2 is 1.95 bits per heavy atom. The van der Waals surface area contributed by atoms with Crippen molar-refractivity contribution in [3.05, 3.63) is 24.3 Å². The molecule has 0 aliphatic carbocycles. The van der Waals surface area contributed by atoms with Crippen LogP contribution in [0.1, 0.15) is 6.42 Å². The molecule has 0 fully saturated rings. The molecule has 2 N–H and O–H groups in total. The molecule has 0 spiro atoms. The fraction of sp³-hybridized carbons (Fsp3) is 0.429. The highest BCUT2D eigenvalue weighted by Crippen LogP contribution is 2.21. The lowest BCUT2D eigenvalue weighted by atomic mass is 10.3. The van der Waals surface area contributed by atoms with Gasteiger partial charge in [0.2, 0.25) is 5.91 Å². The van der Waals surface area contributed by atoms with E-state index in [1.807, 2.05) is 24.3 Å². The maximum Gasteiger partial charge on any atom is 0.328 e. The van der Waals surface area contributed by atoms with Gasteiger partial charge in [-0.1, -0.05) is 0 Å². The van der Waals surface area contributed by atoms with Gasteiger partial charge < -0.3 is 19.9 Å². The van der Waals surface area contributed by atoms with Gasteiger partial charge in [0, 0.05) is 24.2 Å². The molecule has 1 aromatic carbocycles. The molecule has 6 nitrogen and oxygen atoms in total. The second-order valence-corrected chi connectivity index (χ2v) is 5.36. The molecule has 1 aromatic rings. The van der Waals surface area contributed by atoms with Crippen LogP contribution in [0, 0.1) is 0 Å². The summed E-state index contributed by atoms with van der Waals surface area (Å²) in [5.74, 6) is -0.0632. The van der Waals surface area contributed by atoms with Gasteiger partial charge in [-0.2, -0.15) is 0 Å². The quantitative estimate of drug-likeness (QED) is 0.670. The highest BCUT2D eigenvalue weighted by molar-refractivity contribution is 7.99. The number of carboxylic acid groups (broad SMARTS) is 1. The van der Waals surface area contributed by atoms with E-state index in [9.17, 15) is 9.59 Å². The van der Waals surface area contributed by atoms with Crippen LogP contribution >= 0.6 is 11.8 Å². The average molecular weight is 313 g/mol. The molecule has 1 amide bonds. The maximum atomic E-state index is 11.7. The summed E-state index contributed by atoms with van der Waals surface area (Å²) in [7, 11) is 2.99. The second kappa shape index (κ2) is 9.25. The van der Waals surface area contributed by atoms with Crippen molar-refractivity contribution < 1.29 is 24.2 Å². The summed E-state index contributed by atoms with van der Waals surface area (Å²) < 4.78 is 9.81. The molecule has 116 valence electrons. The number of hydrogen-bond acceptors (Lipinski definition) is 5. The van der Waals surface area contributed by atoms with E-state index in [1.54, 1.807) is 7.11 Å². The minimum atomic E-state index is -1.10. The molecule has 0 aromatic heterocycles. The molecule has 0 saturated carbocycles. The zero-order valence-electron chi connectivity index (χ0n) is 12.0. The van der Waals surface area contributed by atoms with E-state index >= 15 is 0 Å². The van der Waals surface area contributed by atoms with E-state index < -0.39 is 12.0 Å². The van der Waals surface area contributed by atoms with Crippen LogP contribution in [0.15, 0.2) is 29.2 Å². The SMILES string of the molecule is COCC(NC(=O)CCSc1ccc(OC)cc1)C(=O)O. The molecular weight excluding hydrogens is 294 g/mol. The van der Waals surface area contributed by atoms with Crippen molar-refractivity contribution >= 4 is 23.6 Å². The molecule has 7 heteroatoms. The van der Waals surface area contributed by atoms with E-state index in [-0.39, 0.29) is 18.9 Å². The zero-order valence-corrected chi connectivity index (χ0v) is 12.8. The first-order valence-corrected chi connectivity index (χ1v) is 7.33. The Balaban J connectivity index is 2.33. The van der Waals surface area contributed by atoms with E-state index in [1.165, 1.54) is 18.9 Å². The van der Waals surface area contributed by atoms with E-state index in [4.69, 9.17) is 14.6 Å². The number of rotatable bonds is 9. The summed E-state index contributed by atoms with van der Waals surface area (Å²) in [6.45, 7) is -0.0489. The van der Waals surface area contributed by atoms with Gasteiger partial charge in [0.05, 0.1) is 13.7 Å². The summed E-state index contributed by atoms with van der Waals surface area (Å²) >= 11 is 1.52. The minimum absolute atomic E-state index is 0.0489. The summed E-state index contributed by atoms with van der Waals surface area (Å²) in [5, 5.41) is 11.3. The molecule has 0 heterocycles.